The van der Waals surface area contributed by atoms with E-state index in [9.17, 15) is 14.7 Å². The maximum atomic E-state index is 11.1. The van der Waals surface area contributed by atoms with Gasteiger partial charge in [-0.25, -0.2) is 14.7 Å². The quantitative estimate of drug-likeness (QED) is 0.636. The topological polar surface area (TPSA) is 67.2 Å². The minimum absolute atomic E-state index is 0.363. The Morgan fingerprint density at radius 1 is 1.21 bits per heavy atom. The first-order valence-electron chi connectivity index (χ1n) is 3.93. The predicted octanol–water partition coefficient (Wildman–Crippen LogP) is 1.36. The minimum Gasteiger partial charge on any atom is -0.422 e. The van der Waals surface area contributed by atoms with Crippen LogP contribution in [-0.2, 0) is 5.11 Å². The van der Waals surface area contributed by atoms with Crippen LogP contribution in [0, 0.1) is 0 Å². The minimum atomic E-state index is -1.52. The van der Waals surface area contributed by atoms with Gasteiger partial charge in [-0.1, -0.05) is 18.2 Å². The molecule has 0 bridgehead atoms. The van der Waals surface area contributed by atoms with Crippen LogP contribution in [0.2, 0.25) is 0 Å². The van der Waals surface area contributed by atoms with E-state index in [1.165, 1.54) is 6.07 Å². The normalized spacial score (nSPS) is 10.3. The van der Waals surface area contributed by atoms with E-state index in [0.29, 0.717) is 11.0 Å². The van der Waals surface area contributed by atoms with Gasteiger partial charge < -0.3 is 4.42 Å². The summed E-state index contributed by atoms with van der Waals surface area (Å²) >= 11 is 0. The number of rotatable bonds is 1. The van der Waals surface area contributed by atoms with E-state index in [2.05, 4.69) is 0 Å². The summed E-state index contributed by atoms with van der Waals surface area (Å²) in [5, 5.41) is 11.1. The molecule has 0 fully saturated rings. The highest BCUT2D eigenvalue weighted by Gasteiger charge is 2.13. The summed E-state index contributed by atoms with van der Waals surface area (Å²) in [6.07, 6.45) is 0. The molecule has 4 heteroatoms. The molecule has 0 saturated heterocycles. The zero-order valence-electron chi connectivity index (χ0n) is 7.02. The van der Waals surface area contributed by atoms with E-state index >= 15 is 0 Å². The highest BCUT2D eigenvalue weighted by atomic mass is 16.4. The van der Waals surface area contributed by atoms with Gasteiger partial charge >= 0.3 is 11.6 Å². The zero-order valence-corrected chi connectivity index (χ0v) is 7.02. The number of para-hydroxylation sites is 1. The van der Waals surface area contributed by atoms with Crippen molar-refractivity contribution in [3.8, 4) is 0 Å². The molecule has 2 aromatic rings. The van der Waals surface area contributed by atoms with Crippen molar-refractivity contribution < 1.29 is 14.3 Å². The monoisotopic (exact) mass is 189 g/mol. The molecule has 0 spiro atoms. The molecule has 2 rings (SSSR count). The molecule has 1 heterocycles. The largest absolute Gasteiger partial charge is 0.422 e. The third kappa shape index (κ3) is 1.26. The van der Waals surface area contributed by atoms with Gasteiger partial charge in [0.15, 0.2) is 5.56 Å². The fraction of sp³-hybridized carbons (Fsp3) is 0. The average molecular weight is 189 g/mol. The van der Waals surface area contributed by atoms with Gasteiger partial charge in [-0.05, 0) is 12.1 Å². The van der Waals surface area contributed by atoms with Crippen LogP contribution in [0.15, 0.2) is 39.5 Å². The van der Waals surface area contributed by atoms with E-state index in [1.807, 2.05) is 0 Å². The van der Waals surface area contributed by atoms with Crippen molar-refractivity contribution >= 4 is 16.9 Å². The Balaban J connectivity index is 2.84. The maximum Gasteiger partial charge on any atom is 0.393 e. The van der Waals surface area contributed by atoms with Crippen LogP contribution < -0.4 is 5.63 Å². The smallest absolute Gasteiger partial charge is 0.393 e. The lowest BCUT2D eigenvalue weighted by atomic mass is 10.2. The molecular formula is C10H5O4. The van der Waals surface area contributed by atoms with E-state index < -0.39 is 17.2 Å². The zero-order chi connectivity index (χ0) is 10.1. The Kier molecular flexibility index (Phi) is 1.81. The van der Waals surface area contributed by atoms with Crippen LogP contribution in [0.25, 0.3) is 11.0 Å². The molecule has 14 heavy (non-hydrogen) atoms. The number of carbonyl (C=O) groups is 1. The summed E-state index contributed by atoms with van der Waals surface area (Å²) in [5.41, 5.74) is -0.977. The van der Waals surface area contributed by atoms with Crippen molar-refractivity contribution in [2.75, 3.05) is 0 Å². The molecular weight excluding hydrogens is 184 g/mol. The molecule has 1 aromatic heterocycles. The highest BCUT2D eigenvalue weighted by Crippen LogP contribution is 2.12. The first-order chi connectivity index (χ1) is 6.68. The lowest BCUT2D eigenvalue weighted by Crippen LogP contribution is -2.11. The Bertz CT molecular complexity index is 553. The van der Waals surface area contributed by atoms with E-state index in [-0.39, 0.29) is 0 Å². The standard InChI is InChI=1S/C10H5O4/c11-9(12)7-5-6-3-1-2-4-8(6)14-10(7)13/h1-5H. The summed E-state index contributed by atoms with van der Waals surface area (Å²) in [5.74, 6) is -1.52. The molecule has 1 radical (unpaired) electrons. The number of benzene rings is 1. The van der Waals surface area contributed by atoms with Gasteiger partial charge in [-0.3, -0.25) is 0 Å². The lowest BCUT2D eigenvalue weighted by molar-refractivity contribution is 0.0568. The first kappa shape index (κ1) is 8.50. The Morgan fingerprint density at radius 2 is 1.93 bits per heavy atom. The van der Waals surface area contributed by atoms with Crippen LogP contribution in [0.3, 0.4) is 0 Å². The van der Waals surface area contributed by atoms with E-state index in [4.69, 9.17) is 4.42 Å². The van der Waals surface area contributed by atoms with Crippen LogP contribution >= 0.6 is 0 Å². The summed E-state index contributed by atoms with van der Waals surface area (Å²) in [4.78, 5) is 21.6. The van der Waals surface area contributed by atoms with Crippen molar-refractivity contribution in [1.82, 2.24) is 0 Å². The van der Waals surface area contributed by atoms with Crippen molar-refractivity contribution in [2.24, 2.45) is 0 Å². The second kappa shape index (κ2) is 2.99. The molecule has 0 amide bonds. The van der Waals surface area contributed by atoms with Gasteiger partial charge in [0, 0.05) is 5.39 Å². The number of hydrogen-bond acceptors (Lipinski definition) is 3. The summed E-state index contributed by atoms with van der Waals surface area (Å²) in [6, 6.07) is 7.92. The second-order valence-electron chi connectivity index (χ2n) is 2.77. The summed E-state index contributed by atoms with van der Waals surface area (Å²) in [6.45, 7) is 0. The van der Waals surface area contributed by atoms with Crippen molar-refractivity contribution in [2.45, 2.75) is 0 Å². The fourth-order valence-electron chi connectivity index (χ4n) is 1.20. The Morgan fingerprint density at radius 3 is 2.64 bits per heavy atom. The third-order valence-electron chi connectivity index (χ3n) is 1.86. The molecule has 0 aliphatic carbocycles. The second-order valence-corrected chi connectivity index (χ2v) is 2.77. The molecule has 0 aliphatic rings. The fourth-order valence-corrected chi connectivity index (χ4v) is 1.20. The SMILES string of the molecule is [O]C(=O)c1cc2ccccc2oc1=O. The number of hydrogen-bond donors (Lipinski definition) is 0. The molecule has 0 saturated carbocycles. The molecule has 0 aliphatic heterocycles. The molecule has 0 unspecified atom stereocenters. The molecule has 0 atom stereocenters. The molecule has 0 N–H and O–H groups in total. The third-order valence-corrected chi connectivity index (χ3v) is 1.86. The lowest BCUT2D eigenvalue weighted by Gasteiger charge is -1.95. The van der Waals surface area contributed by atoms with Crippen molar-refractivity contribution in [1.29, 1.82) is 0 Å². The number of carbonyl (C=O) groups excluding carboxylic acids is 1. The number of fused-ring (bicyclic) bond motifs is 1. The van der Waals surface area contributed by atoms with Crippen LogP contribution in [0.5, 0.6) is 0 Å². The molecule has 4 nitrogen and oxygen atoms in total. The predicted molar refractivity (Wildman–Crippen MR) is 47.5 cm³/mol. The van der Waals surface area contributed by atoms with Gasteiger partial charge in [-0.2, -0.15) is 0 Å². The van der Waals surface area contributed by atoms with Gasteiger partial charge in [0.05, 0.1) is 0 Å². The van der Waals surface area contributed by atoms with Gasteiger partial charge in [0.25, 0.3) is 0 Å². The van der Waals surface area contributed by atoms with Crippen molar-refractivity contribution in [3.63, 3.8) is 0 Å². The van der Waals surface area contributed by atoms with Crippen LogP contribution in [-0.4, -0.2) is 5.97 Å². The summed E-state index contributed by atoms with van der Waals surface area (Å²) in [7, 11) is 0. The average Bonchev–Trinajstić information content (AvgIpc) is 2.16. The first-order valence-corrected chi connectivity index (χ1v) is 3.93. The van der Waals surface area contributed by atoms with Crippen LogP contribution in [0.1, 0.15) is 10.4 Å². The van der Waals surface area contributed by atoms with Gasteiger partial charge in [0.2, 0.25) is 0 Å². The van der Waals surface area contributed by atoms with Gasteiger partial charge in [-0.15, -0.1) is 0 Å². The van der Waals surface area contributed by atoms with Crippen molar-refractivity contribution in [3.05, 3.63) is 46.3 Å². The maximum absolute atomic E-state index is 11.1. The highest BCUT2D eigenvalue weighted by molar-refractivity contribution is 5.91. The van der Waals surface area contributed by atoms with Gasteiger partial charge in [0.1, 0.15) is 5.58 Å². The molecule has 1 aromatic carbocycles. The Labute approximate surface area is 78.4 Å². The van der Waals surface area contributed by atoms with E-state index in [0.717, 1.165) is 0 Å². The van der Waals surface area contributed by atoms with Crippen LogP contribution in [0.4, 0.5) is 0 Å². The molecule has 69 valence electrons. The van der Waals surface area contributed by atoms with E-state index in [1.54, 1.807) is 24.3 Å². The summed E-state index contributed by atoms with van der Waals surface area (Å²) < 4.78 is 4.78. The Hall–Kier alpha value is -2.10.